The molecule has 0 heterocycles. The molecule has 0 N–H and O–H groups in total. The Balaban J connectivity index is -0.00000000567. The van der Waals surface area contributed by atoms with Gasteiger partial charge in [0.05, 0.1) is 0 Å². The Morgan fingerprint density at radius 3 is 1.25 bits per heavy atom. The normalized spacial score (nSPS) is 2.25. The van der Waals surface area contributed by atoms with E-state index >= 15 is 0 Å². The van der Waals surface area contributed by atoms with Crippen molar-refractivity contribution in [1.29, 1.82) is 0 Å². The summed E-state index contributed by atoms with van der Waals surface area (Å²) >= 11 is 1.22. The van der Waals surface area contributed by atoms with Gasteiger partial charge in [0, 0.05) is 43.4 Å². The smallest absolute Gasteiger partial charge is 0.282 e. The van der Waals surface area contributed by atoms with Crippen molar-refractivity contribution in [2.75, 3.05) is 0 Å². The largest absolute Gasteiger partial charge is 0.387 e. The molecule has 44 valence electrons. The average molecular weight is 266 g/mol. The monoisotopic (exact) mass is 266 g/mol. The number of hydrogen-bond acceptors (Lipinski definition) is 1. The molecule has 0 bridgehead atoms. The minimum absolute atomic E-state index is 0. The Kier molecular flexibility index (Phi) is 180. The summed E-state index contributed by atoms with van der Waals surface area (Å²) in [6, 6.07) is 0. The van der Waals surface area contributed by atoms with Gasteiger partial charge >= 0.3 is 0 Å². The molecule has 0 radical (unpaired) electrons. The molecule has 0 aliphatic rings. The second-order valence-corrected chi connectivity index (χ2v) is 1.22. The Hall–Kier alpha value is 3.37. The first-order valence-corrected chi connectivity index (χ1v) is 8.90. The van der Waals surface area contributed by atoms with Crippen LogP contribution in [0.3, 0.4) is 0 Å². The van der Waals surface area contributed by atoms with E-state index in [1.54, 1.807) is 0 Å². The minimum atomic E-state index is -0.583. The van der Waals surface area contributed by atoms with E-state index < -0.39 is 9.07 Å². The van der Waals surface area contributed by atoms with Gasteiger partial charge in [0.2, 0.25) is 15.8 Å². The maximum Gasteiger partial charge on any atom is 0.282 e. The SMILES string of the molecule is O=[SiH]P.[AlH2][PH2].[AlH3].[Ti].[Ti]. The van der Waals surface area contributed by atoms with Gasteiger partial charge in [-0.1, -0.05) is 8.79 Å². The van der Waals surface area contributed by atoms with E-state index in [0.29, 0.717) is 0 Å². The fourth-order valence-electron chi connectivity index (χ4n) is 0. The van der Waals surface area contributed by atoms with Crippen LogP contribution in [0.2, 0.25) is 0 Å². The molecular weight excluding hydrogens is 256 g/mol. The number of hydrogen-bond donors (Lipinski definition) is 0. The molecule has 0 spiro atoms. The molecule has 0 aliphatic heterocycles. The van der Waals surface area contributed by atoms with Gasteiger partial charge in [-0.3, -0.25) is 0 Å². The molecule has 0 amide bonds. The van der Waals surface area contributed by atoms with E-state index in [4.69, 9.17) is 4.46 Å². The molecule has 2 atom stereocenters. The zero-order chi connectivity index (χ0) is 4.71. The molecule has 0 aromatic carbocycles. The zero-order valence-corrected chi connectivity index (χ0v) is 12.7. The Labute approximate surface area is 105 Å². The summed E-state index contributed by atoms with van der Waals surface area (Å²) in [6.45, 7) is 0. The van der Waals surface area contributed by atoms with Crippen molar-refractivity contribution >= 4 is 59.0 Å². The summed E-state index contributed by atoms with van der Waals surface area (Å²) in [5.74, 6) is 0. The van der Waals surface area contributed by atoms with Crippen LogP contribution in [-0.2, 0) is 47.9 Å². The van der Waals surface area contributed by atoms with Gasteiger partial charge in [0.15, 0.2) is 17.4 Å². The van der Waals surface area contributed by atoms with Crippen LogP contribution in [0.1, 0.15) is 0 Å². The van der Waals surface area contributed by atoms with E-state index in [-0.39, 0.29) is 60.8 Å². The molecule has 8 heavy (non-hydrogen) atoms. The number of rotatable bonds is 0. The van der Waals surface area contributed by atoms with Crippen molar-refractivity contribution < 1.29 is 47.9 Å². The van der Waals surface area contributed by atoms with Crippen molar-refractivity contribution in [3.8, 4) is 0 Å². The maximum atomic E-state index is 8.98. The molecule has 1 nitrogen and oxygen atoms in total. The van der Waals surface area contributed by atoms with E-state index in [2.05, 4.69) is 16.7 Å². The van der Waals surface area contributed by atoms with Gasteiger partial charge < -0.3 is 4.46 Å². The third-order valence-corrected chi connectivity index (χ3v) is 0. The first kappa shape index (κ1) is 30.1. The van der Waals surface area contributed by atoms with Crippen molar-refractivity contribution in [3.63, 3.8) is 0 Å². The van der Waals surface area contributed by atoms with Crippen LogP contribution < -0.4 is 0 Å². The van der Waals surface area contributed by atoms with Gasteiger partial charge in [-0.05, 0) is 0 Å². The fraction of sp³-hybridized carbons (Fsp3) is 0. The quantitative estimate of drug-likeness (QED) is 0.358. The minimum Gasteiger partial charge on any atom is -0.387 e. The molecule has 0 aromatic rings. The molecule has 0 aromatic heterocycles. The second kappa shape index (κ2) is 47.7. The van der Waals surface area contributed by atoms with Crippen LogP contribution >= 0.6 is 16.7 Å². The molecule has 0 saturated carbocycles. The summed E-state index contributed by atoms with van der Waals surface area (Å²) in [6.07, 6.45) is 0. The van der Waals surface area contributed by atoms with Gasteiger partial charge in [-0.25, -0.2) is 7.89 Å². The van der Waals surface area contributed by atoms with Gasteiger partial charge in [-0.2, -0.15) is 0 Å². The molecule has 0 aliphatic carbocycles. The van der Waals surface area contributed by atoms with E-state index in [1.807, 2.05) is 0 Å². The van der Waals surface area contributed by atoms with Crippen LogP contribution in [0.4, 0.5) is 0 Å². The van der Waals surface area contributed by atoms with E-state index in [9.17, 15) is 0 Å². The zero-order valence-electron chi connectivity index (χ0n) is 4.14. The predicted octanol–water partition coefficient (Wildman–Crippen LogP) is -2.22. The molecule has 0 saturated heterocycles. The summed E-state index contributed by atoms with van der Waals surface area (Å²) in [5, 5.41) is 0. The van der Waals surface area contributed by atoms with Crippen LogP contribution in [0, 0.1) is 0 Å². The summed E-state index contributed by atoms with van der Waals surface area (Å²) in [7, 11) is 4.08. The maximum absolute atomic E-state index is 8.98. The van der Waals surface area contributed by atoms with Gasteiger partial charge in [0.1, 0.15) is 0 Å². The van der Waals surface area contributed by atoms with E-state index in [0.717, 1.165) is 0 Å². The third kappa shape index (κ3) is 57.8. The Bertz CT molecular complexity index is 25.5. The van der Waals surface area contributed by atoms with Crippen molar-refractivity contribution in [2.45, 2.75) is 0 Å². The third-order valence-electron chi connectivity index (χ3n) is 0. The van der Waals surface area contributed by atoms with Gasteiger partial charge in [0.25, 0.3) is 9.07 Å². The molecule has 0 rings (SSSR count). The first-order valence-electron chi connectivity index (χ1n) is 1.15. The summed E-state index contributed by atoms with van der Waals surface area (Å²) in [5.41, 5.74) is 0. The molecular formula is H10Al2OP2SiTi2. The average Bonchev–Trinajstić information content (AvgIpc) is 1.46. The van der Waals surface area contributed by atoms with Crippen molar-refractivity contribution in [2.24, 2.45) is 0 Å². The Morgan fingerprint density at radius 1 is 1.25 bits per heavy atom. The molecule has 8 heteroatoms. The van der Waals surface area contributed by atoms with Crippen molar-refractivity contribution in [3.05, 3.63) is 0 Å². The van der Waals surface area contributed by atoms with Crippen LogP contribution in [-0.4, -0.2) is 42.3 Å². The second-order valence-electron chi connectivity index (χ2n) is 0.136. The van der Waals surface area contributed by atoms with Crippen LogP contribution in [0.25, 0.3) is 0 Å². The van der Waals surface area contributed by atoms with Gasteiger partial charge in [-0.15, -0.1) is 0 Å². The molecule has 2 unspecified atom stereocenters. The molecule has 0 fully saturated rings. The Morgan fingerprint density at radius 2 is 1.25 bits per heavy atom. The van der Waals surface area contributed by atoms with E-state index in [1.165, 1.54) is 15.8 Å². The predicted molar refractivity (Wildman–Crippen MR) is 45.7 cm³/mol. The summed E-state index contributed by atoms with van der Waals surface area (Å²) in [4.78, 5) is 0. The fourth-order valence-corrected chi connectivity index (χ4v) is 0. The van der Waals surface area contributed by atoms with Crippen molar-refractivity contribution in [1.82, 2.24) is 0 Å². The van der Waals surface area contributed by atoms with Crippen LogP contribution in [0.5, 0.6) is 0 Å². The first-order chi connectivity index (χ1) is 2.41. The standard InChI is InChI=1S/2Al.H3OPSi.H2P.2Ti.5H/c;;1-3-2;;;;;;;;/h;;3H,2H2;1H2;;;;;;;/q;+1;;-1;;;;;;;. The topological polar surface area (TPSA) is 17.1 Å². The van der Waals surface area contributed by atoms with Crippen LogP contribution in [0.15, 0.2) is 0 Å². The summed E-state index contributed by atoms with van der Waals surface area (Å²) < 4.78 is 8.98.